The molecule has 3 N–H and O–H groups in total. The molecule has 2 fully saturated rings. The lowest BCUT2D eigenvalue weighted by Gasteiger charge is -2.30. The van der Waals surface area contributed by atoms with Crippen molar-refractivity contribution < 1.29 is 23.8 Å². The van der Waals surface area contributed by atoms with Gasteiger partial charge in [-0.25, -0.2) is 9.38 Å². The number of aromatic nitrogens is 5. The SMILES string of the molecule is O=c1c2nc(Sc3ccc(Cl)cc3)n([C@@H]3O[C@@H]4COP(O)(=S)OC4[C@@H]3O)c2nc2[nH]c(-c3ccccc3)cn12. The Morgan fingerprint density at radius 1 is 1.15 bits per heavy atom. The van der Waals surface area contributed by atoms with Crippen molar-refractivity contribution in [3.05, 3.63) is 76.2 Å². The van der Waals surface area contributed by atoms with Crippen molar-refractivity contribution in [3.8, 4) is 11.3 Å². The molecule has 39 heavy (non-hydrogen) atoms. The molecule has 0 amide bonds. The molecule has 15 heteroatoms. The molecule has 0 bridgehead atoms. The third kappa shape index (κ3) is 4.44. The van der Waals surface area contributed by atoms with Crippen LogP contribution >= 0.6 is 30.1 Å². The van der Waals surface area contributed by atoms with Crippen molar-refractivity contribution in [2.45, 2.75) is 34.6 Å². The van der Waals surface area contributed by atoms with Crippen LogP contribution in [0.5, 0.6) is 0 Å². The highest BCUT2D eigenvalue weighted by molar-refractivity contribution is 8.07. The Bertz CT molecular complexity index is 1830. The smallest absolute Gasteiger partial charge is 0.325 e. The summed E-state index contributed by atoms with van der Waals surface area (Å²) in [7, 11) is 0. The number of hydrogen-bond donors (Lipinski definition) is 3. The Balaban J connectivity index is 1.39. The van der Waals surface area contributed by atoms with Crippen LogP contribution < -0.4 is 5.56 Å². The van der Waals surface area contributed by atoms with Crippen molar-refractivity contribution in [1.29, 1.82) is 0 Å². The zero-order valence-corrected chi connectivity index (χ0v) is 23.0. The molecule has 2 aliphatic rings. The number of aliphatic hydroxyl groups is 1. The molecule has 0 saturated carbocycles. The Morgan fingerprint density at radius 2 is 1.92 bits per heavy atom. The number of benzene rings is 2. The van der Waals surface area contributed by atoms with Gasteiger partial charge in [-0.2, -0.15) is 4.98 Å². The van der Waals surface area contributed by atoms with Crippen molar-refractivity contribution in [2.75, 3.05) is 6.61 Å². The van der Waals surface area contributed by atoms with Gasteiger partial charge < -0.3 is 24.2 Å². The number of imidazole rings is 2. The molecule has 200 valence electrons. The van der Waals surface area contributed by atoms with Crippen molar-refractivity contribution in [2.24, 2.45) is 0 Å². The summed E-state index contributed by atoms with van der Waals surface area (Å²) in [5.74, 6) is 0.297. The minimum absolute atomic E-state index is 0.0459. The Kier molecular flexibility index (Phi) is 6.19. The zero-order valence-electron chi connectivity index (χ0n) is 19.7. The Hall–Kier alpha value is -2.58. The predicted octanol–water partition coefficient (Wildman–Crippen LogP) is 3.73. The lowest BCUT2D eigenvalue weighted by Crippen LogP contribution is -2.39. The average Bonchev–Trinajstić information content (AvgIpc) is 3.60. The maximum absolute atomic E-state index is 13.6. The fourth-order valence-corrected chi connectivity index (χ4v) is 7.21. The lowest BCUT2D eigenvalue weighted by atomic mass is 10.1. The molecule has 0 spiro atoms. The predicted molar refractivity (Wildman–Crippen MR) is 147 cm³/mol. The number of aromatic amines is 1. The fraction of sp³-hybridized carbons (Fsp3) is 0.208. The van der Waals surface area contributed by atoms with E-state index < -0.39 is 31.3 Å². The minimum atomic E-state index is -3.51. The summed E-state index contributed by atoms with van der Waals surface area (Å²) in [6.45, 7) is -3.55. The molecule has 0 radical (unpaired) electrons. The summed E-state index contributed by atoms with van der Waals surface area (Å²) in [4.78, 5) is 37.2. The molecular weight excluding hydrogens is 585 g/mol. The van der Waals surface area contributed by atoms with Gasteiger partial charge in [0.15, 0.2) is 22.5 Å². The van der Waals surface area contributed by atoms with E-state index in [2.05, 4.69) is 9.97 Å². The van der Waals surface area contributed by atoms with Gasteiger partial charge in [-0.15, -0.1) is 0 Å². The Morgan fingerprint density at radius 3 is 2.69 bits per heavy atom. The number of H-pyrrole nitrogens is 1. The first-order valence-electron chi connectivity index (χ1n) is 11.8. The summed E-state index contributed by atoms with van der Waals surface area (Å²) in [5.41, 5.74) is 1.51. The van der Waals surface area contributed by atoms with E-state index in [1.807, 2.05) is 42.5 Å². The third-order valence-electron chi connectivity index (χ3n) is 6.55. The lowest BCUT2D eigenvalue weighted by molar-refractivity contribution is -0.0619. The van der Waals surface area contributed by atoms with Crippen LogP contribution in [0, 0.1) is 0 Å². The van der Waals surface area contributed by atoms with Crippen LogP contribution in [0.2, 0.25) is 5.02 Å². The first-order chi connectivity index (χ1) is 18.8. The van der Waals surface area contributed by atoms with E-state index in [4.69, 9.17) is 42.2 Å². The van der Waals surface area contributed by atoms with Gasteiger partial charge >= 0.3 is 6.72 Å². The molecule has 11 nitrogen and oxygen atoms in total. The average molecular weight is 604 g/mol. The number of rotatable bonds is 4. The topological polar surface area (TPSA) is 136 Å². The molecule has 0 aliphatic carbocycles. The third-order valence-corrected chi connectivity index (χ3v) is 9.34. The number of fused-ring (bicyclic) bond motifs is 3. The van der Waals surface area contributed by atoms with Gasteiger partial charge in [0.1, 0.15) is 18.3 Å². The van der Waals surface area contributed by atoms with Gasteiger partial charge in [-0.1, -0.05) is 53.7 Å². The maximum atomic E-state index is 13.6. The molecule has 2 saturated heterocycles. The van der Waals surface area contributed by atoms with E-state index in [0.717, 1.165) is 10.5 Å². The molecule has 5 aromatic rings. The quantitative estimate of drug-likeness (QED) is 0.261. The van der Waals surface area contributed by atoms with Gasteiger partial charge in [0.05, 0.1) is 12.3 Å². The van der Waals surface area contributed by atoms with Crippen LogP contribution in [-0.2, 0) is 25.6 Å². The van der Waals surface area contributed by atoms with E-state index in [1.165, 1.54) is 16.2 Å². The monoisotopic (exact) mass is 603 g/mol. The molecule has 5 atom stereocenters. The van der Waals surface area contributed by atoms with E-state index >= 15 is 0 Å². The van der Waals surface area contributed by atoms with Crippen LogP contribution in [0.3, 0.4) is 0 Å². The second-order valence-electron chi connectivity index (χ2n) is 9.03. The summed E-state index contributed by atoms with van der Waals surface area (Å²) in [6.07, 6.45) is -2.24. The van der Waals surface area contributed by atoms with E-state index in [9.17, 15) is 14.8 Å². The fourth-order valence-electron chi connectivity index (χ4n) is 4.73. The van der Waals surface area contributed by atoms with Crippen LogP contribution in [0.15, 0.2) is 75.6 Å². The van der Waals surface area contributed by atoms with Crippen LogP contribution in [0.25, 0.3) is 28.2 Å². The highest BCUT2D eigenvalue weighted by Gasteiger charge is 2.52. The molecule has 7 rings (SSSR count). The summed E-state index contributed by atoms with van der Waals surface area (Å²) >= 11 is 12.3. The largest absolute Gasteiger partial charge is 0.386 e. The van der Waals surface area contributed by atoms with Gasteiger partial charge in [-0.05, 0) is 41.6 Å². The van der Waals surface area contributed by atoms with E-state index in [0.29, 0.717) is 21.7 Å². The van der Waals surface area contributed by atoms with Crippen LogP contribution in [0.1, 0.15) is 6.23 Å². The molecule has 2 unspecified atom stereocenters. The zero-order chi connectivity index (χ0) is 26.9. The number of halogens is 1. The summed E-state index contributed by atoms with van der Waals surface area (Å²) in [6, 6.07) is 16.7. The van der Waals surface area contributed by atoms with Crippen LogP contribution in [0.4, 0.5) is 0 Å². The van der Waals surface area contributed by atoms with E-state index in [1.54, 1.807) is 22.9 Å². The highest BCUT2D eigenvalue weighted by atomic mass is 35.5. The number of ether oxygens (including phenoxy) is 1. The van der Waals surface area contributed by atoms with Crippen molar-refractivity contribution >= 4 is 58.8 Å². The van der Waals surface area contributed by atoms with E-state index in [-0.39, 0.29) is 23.3 Å². The van der Waals surface area contributed by atoms with Gasteiger partial charge in [0.2, 0.25) is 5.78 Å². The first kappa shape index (κ1) is 25.4. The highest BCUT2D eigenvalue weighted by Crippen LogP contribution is 2.53. The second-order valence-corrected chi connectivity index (χ2v) is 13.3. The molecular formula is C24H19ClN5O6PS2. The number of nitrogens with one attached hydrogen (secondary N) is 1. The molecule has 2 aromatic carbocycles. The van der Waals surface area contributed by atoms with Gasteiger partial charge in [-0.3, -0.25) is 13.9 Å². The van der Waals surface area contributed by atoms with Crippen molar-refractivity contribution in [1.82, 2.24) is 23.9 Å². The summed E-state index contributed by atoms with van der Waals surface area (Å²) in [5, 5.41) is 12.2. The maximum Gasteiger partial charge on any atom is 0.325 e. The van der Waals surface area contributed by atoms with Crippen molar-refractivity contribution in [3.63, 3.8) is 0 Å². The number of hydrogen-bond acceptors (Lipinski definition) is 9. The standard InChI is InChI=1S/C24H19ClN5O6PS2/c25-13-6-8-14(9-7-13)39-24-27-17-20(30(24)22-18(31)19-16(35-22)11-34-37(33,38)36-19)28-23-26-15(10-29(23)21(17)32)12-4-2-1-3-5-12/h1-10,16,18-19,22,31H,11H2,(H,26,28)(H,33,38)/t16-,18+,19?,22-,37?/m1/s1. The van der Waals surface area contributed by atoms with Gasteiger partial charge in [0.25, 0.3) is 5.56 Å². The molecule has 5 heterocycles. The normalized spacial score (nSPS) is 26.8. The number of aliphatic hydroxyl groups excluding tert-OH is 1. The minimum Gasteiger partial charge on any atom is -0.386 e. The van der Waals surface area contributed by atoms with Gasteiger partial charge in [0, 0.05) is 16.1 Å². The Labute approximate surface area is 234 Å². The van der Waals surface area contributed by atoms with Crippen LogP contribution in [-0.4, -0.2) is 58.8 Å². The first-order valence-corrected chi connectivity index (χ1v) is 15.6. The second kappa shape index (κ2) is 9.51. The molecule has 2 aliphatic heterocycles. The number of nitrogens with zero attached hydrogens (tertiary/aromatic N) is 4. The molecule has 3 aromatic heterocycles. The summed E-state index contributed by atoms with van der Waals surface area (Å²) < 4.78 is 19.9.